The molecule has 3 nitrogen and oxygen atoms in total. The van der Waals surface area contributed by atoms with Crippen LogP contribution in [0.1, 0.15) is 47.9 Å². The summed E-state index contributed by atoms with van der Waals surface area (Å²) in [6, 6.07) is 7.00. The van der Waals surface area contributed by atoms with Crippen LogP contribution >= 0.6 is 11.3 Å². The second kappa shape index (κ2) is 7.17. The quantitative estimate of drug-likeness (QED) is 0.636. The highest BCUT2D eigenvalue weighted by Crippen LogP contribution is 2.51. The predicted octanol–water partition coefficient (Wildman–Crippen LogP) is 6.30. The lowest BCUT2D eigenvalue weighted by atomic mass is 9.88. The van der Waals surface area contributed by atoms with Gasteiger partial charge in [-0.15, -0.1) is 11.3 Å². The number of fused-ring (bicyclic) bond motifs is 2. The molecule has 2 saturated carbocycles. The predicted molar refractivity (Wildman–Crippen MR) is 107 cm³/mol. The van der Waals surface area contributed by atoms with Gasteiger partial charge in [-0.05, 0) is 56.1 Å². The van der Waals surface area contributed by atoms with Crippen molar-refractivity contribution in [2.24, 2.45) is 17.8 Å². The molecule has 2 aromatic rings. The molecule has 3 atom stereocenters. The molecule has 0 saturated heterocycles. The fourth-order valence-electron chi connectivity index (χ4n) is 4.84. The van der Waals surface area contributed by atoms with Gasteiger partial charge < -0.3 is 5.32 Å². The molecule has 7 heteroatoms. The topological polar surface area (TPSA) is 52.9 Å². The number of nitrogens with one attached hydrogen (secondary N) is 1. The molecule has 0 radical (unpaired) electrons. The van der Waals surface area contributed by atoms with Gasteiger partial charge >= 0.3 is 6.18 Å². The summed E-state index contributed by atoms with van der Waals surface area (Å²) < 4.78 is 41.8. The van der Waals surface area contributed by atoms with Gasteiger partial charge in [0.05, 0.1) is 16.0 Å². The summed E-state index contributed by atoms with van der Waals surface area (Å²) in [4.78, 5) is 12.8. The average molecular weight is 418 g/mol. The maximum atomic E-state index is 13.9. The number of halogens is 3. The van der Waals surface area contributed by atoms with Crippen molar-refractivity contribution < 1.29 is 18.0 Å². The first-order valence-electron chi connectivity index (χ1n) is 9.71. The fraction of sp³-hybridized carbons (Fsp3) is 0.455. The number of alkyl halides is 3. The van der Waals surface area contributed by atoms with Crippen LogP contribution in [0, 0.1) is 42.9 Å². The van der Waals surface area contributed by atoms with Gasteiger partial charge in [0.25, 0.3) is 0 Å². The molecular weight excluding hydrogens is 397 g/mol. The van der Waals surface area contributed by atoms with E-state index in [2.05, 4.69) is 5.32 Å². The molecule has 1 N–H and O–H groups in total. The Kier molecular flexibility index (Phi) is 4.94. The van der Waals surface area contributed by atoms with Gasteiger partial charge in [-0.1, -0.05) is 30.2 Å². The highest BCUT2D eigenvalue weighted by Gasteiger charge is 2.44. The van der Waals surface area contributed by atoms with Crippen LogP contribution in [0.3, 0.4) is 0 Å². The fourth-order valence-corrected chi connectivity index (χ4v) is 6.09. The molecule has 2 bridgehead atoms. The molecule has 0 spiro atoms. The molecule has 1 aromatic carbocycles. The van der Waals surface area contributed by atoms with Crippen LogP contribution in [0.5, 0.6) is 0 Å². The standard InChI is InChI=1S/C22H21F3N2OS/c1-11-3-4-12(2)15(7-11)19-18(22(23,24)25)17(10-26)21(29-19)27-20(28)16-9-13-5-6-14(16)8-13/h3-4,7,13-14,16H,5-6,8-9H2,1-2H3,(H,27,28)/t13-,14+,16-/m0/s1. The molecule has 0 aliphatic heterocycles. The zero-order valence-corrected chi connectivity index (χ0v) is 17.0. The summed E-state index contributed by atoms with van der Waals surface area (Å²) in [6.45, 7) is 3.56. The van der Waals surface area contributed by atoms with E-state index in [1.807, 2.05) is 13.0 Å². The summed E-state index contributed by atoms with van der Waals surface area (Å²) in [6.07, 6.45) is -0.747. The third-order valence-electron chi connectivity index (χ3n) is 6.25. The first-order valence-corrected chi connectivity index (χ1v) is 10.5. The number of rotatable bonds is 3. The second-order valence-electron chi connectivity index (χ2n) is 8.21. The van der Waals surface area contributed by atoms with Crippen molar-refractivity contribution in [1.82, 2.24) is 0 Å². The van der Waals surface area contributed by atoms with Gasteiger partial charge in [0.15, 0.2) is 0 Å². The van der Waals surface area contributed by atoms with E-state index >= 15 is 0 Å². The number of thiophene rings is 1. The van der Waals surface area contributed by atoms with E-state index in [9.17, 15) is 23.2 Å². The lowest BCUT2D eigenvalue weighted by Gasteiger charge is -2.20. The average Bonchev–Trinajstić information content (AvgIpc) is 3.36. The maximum Gasteiger partial charge on any atom is 0.419 e. The smallest absolute Gasteiger partial charge is 0.316 e. The van der Waals surface area contributed by atoms with Crippen molar-refractivity contribution in [3.05, 3.63) is 40.5 Å². The third-order valence-corrected chi connectivity index (χ3v) is 7.39. The summed E-state index contributed by atoms with van der Waals surface area (Å²) in [5.41, 5.74) is 0.520. The second-order valence-corrected chi connectivity index (χ2v) is 9.23. The van der Waals surface area contributed by atoms with E-state index in [0.717, 1.165) is 42.6 Å². The van der Waals surface area contributed by atoms with Crippen molar-refractivity contribution >= 4 is 22.2 Å². The number of nitriles is 1. The van der Waals surface area contributed by atoms with Crippen molar-refractivity contribution in [3.8, 4) is 16.5 Å². The Bertz CT molecular complexity index is 1020. The van der Waals surface area contributed by atoms with Crippen LogP contribution in [0.2, 0.25) is 0 Å². The maximum absolute atomic E-state index is 13.9. The minimum Gasteiger partial charge on any atom is -0.316 e. The van der Waals surface area contributed by atoms with Gasteiger partial charge in [0.2, 0.25) is 5.91 Å². The molecule has 2 fully saturated rings. The highest BCUT2D eigenvalue weighted by molar-refractivity contribution is 7.20. The normalized spacial score (nSPS) is 23.2. The van der Waals surface area contributed by atoms with Gasteiger partial charge in [-0.3, -0.25) is 4.79 Å². The molecule has 152 valence electrons. The number of carbonyl (C=O) groups excluding carboxylic acids is 1. The van der Waals surface area contributed by atoms with Gasteiger partial charge in [-0.25, -0.2) is 0 Å². The zero-order chi connectivity index (χ0) is 20.9. The third kappa shape index (κ3) is 3.55. The van der Waals surface area contributed by atoms with Crippen LogP contribution in [-0.2, 0) is 11.0 Å². The van der Waals surface area contributed by atoms with Gasteiger partial charge in [-0.2, -0.15) is 18.4 Å². The van der Waals surface area contributed by atoms with Gasteiger partial charge in [0.1, 0.15) is 11.1 Å². The molecule has 1 amide bonds. The van der Waals surface area contributed by atoms with Crippen molar-refractivity contribution in [1.29, 1.82) is 5.26 Å². The molecule has 1 heterocycles. The van der Waals surface area contributed by atoms with E-state index in [1.165, 1.54) is 0 Å². The highest BCUT2D eigenvalue weighted by atomic mass is 32.1. The van der Waals surface area contributed by atoms with E-state index < -0.39 is 17.3 Å². The lowest BCUT2D eigenvalue weighted by Crippen LogP contribution is -2.27. The Balaban J connectivity index is 1.77. The number of anilines is 1. The minimum atomic E-state index is -4.69. The van der Waals surface area contributed by atoms with Crippen LogP contribution in [0.4, 0.5) is 18.2 Å². The molecular formula is C22H21F3N2OS. The first-order chi connectivity index (χ1) is 13.7. The van der Waals surface area contributed by atoms with Crippen molar-refractivity contribution in [2.75, 3.05) is 5.32 Å². The van der Waals surface area contributed by atoms with E-state index in [4.69, 9.17) is 0 Å². The van der Waals surface area contributed by atoms with E-state index in [0.29, 0.717) is 23.0 Å². The van der Waals surface area contributed by atoms with Crippen LogP contribution in [0.15, 0.2) is 18.2 Å². The summed E-state index contributed by atoms with van der Waals surface area (Å²) >= 11 is 0.846. The summed E-state index contributed by atoms with van der Waals surface area (Å²) in [7, 11) is 0. The number of hydrogen-bond acceptors (Lipinski definition) is 3. The minimum absolute atomic E-state index is 0.00324. The van der Waals surface area contributed by atoms with Crippen LogP contribution in [0.25, 0.3) is 10.4 Å². The first kappa shape index (κ1) is 20.0. The molecule has 0 unspecified atom stereocenters. The molecule has 4 rings (SSSR count). The Morgan fingerprint density at radius 3 is 2.59 bits per heavy atom. The SMILES string of the molecule is Cc1ccc(C)c(-c2sc(NC(=O)[C@H]3C[C@H]4CC[C@@H]3C4)c(C#N)c2C(F)(F)F)c1. The van der Waals surface area contributed by atoms with Crippen molar-refractivity contribution in [2.45, 2.75) is 45.7 Å². The van der Waals surface area contributed by atoms with Gasteiger partial charge in [0, 0.05) is 5.92 Å². The zero-order valence-electron chi connectivity index (χ0n) is 16.2. The van der Waals surface area contributed by atoms with E-state index in [1.54, 1.807) is 25.1 Å². The molecule has 2 aliphatic carbocycles. The molecule has 1 aromatic heterocycles. The van der Waals surface area contributed by atoms with E-state index in [-0.39, 0.29) is 21.7 Å². The Morgan fingerprint density at radius 1 is 1.24 bits per heavy atom. The molecule has 2 aliphatic rings. The summed E-state index contributed by atoms with van der Waals surface area (Å²) in [5, 5.41) is 12.2. The molecule has 29 heavy (non-hydrogen) atoms. The summed E-state index contributed by atoms with van der Waals surface area (Å²) in [5.74, 6) is 0.439. The van der Waals surface area contributed by atoms with Crippen LogP contribution < -0.4 is 5.32 Å². The number of aryl methyl sites for hydroxylation is 2. The lowest BCUT2D eigenvalue weighted by molar-refractivity contribution is -0.137. The largest absolute Gasteiger partial charge is 0.419 e. The number of carbonyl (C=O) groups is 1. The Morgan fingerprint density at radius 2 is 2.00 bits per heavy atom. The number of amides is 1. The monoisotopic (exact) mass is 418 g/mol. The van der Waals surface area contributed by atoms with Crippen LogP contribution in [-0.4, -0.2) is 5.91 Å². The number of benzene rings is 1. The Hall–Kier alpha value is -2.33. The number of nitrogens with zero attached hydrogens (tertiary/aromatic N) is 1. The Labute approximate surface area is 171 Å². The van der Waals surface area contributed by atoms with Crippen molar-refractivity contribution in [3.63, 3.8) is 0 Å². The number of hydrogen-bond donors (Lipinski definition) is 1.